The van der Waals surface area contributed by atoms with Gasteiger partial charge in [0.15, 0.2) is 0 Å². The van der Waals surface area contributed by atoms with E-state index < -0.39 is 72.4 Å². The van der Waals surface area contributed by atoms with Crippen LogP contribution in [0.1, 0.15) is 83.3 Å². The molecule has 0 aromatic heterocycles. The van der Waals surface area contributed by atoms with Gasteiger partial charge in [-0.1, -0.05) is 29.0 Å². The van der Waals surface area contributed by atoms with E-state index in [4.69, 9.17) is 20.0 Å². The van der Waals surface area contributed by atoms with Crippen LogP contribution in [0.2, 0.25) is 0 Å². The lowest BCUT2D eigenvalue weighted by Crippen LogP contribution is -2.44. The Morgan fingerprint density at radius 3 is 1.30 bits per heavy atom. The molecule has 4 rings (SSSR count). The second kappa shape index (κ2) is 25.0. The van der Waals surface area contributed by atoms with Gasteiger partial charge in [0, 0.05) is 12.1 Å². The predicted octanol–water partition coefficient (Wildman–Crippen LogP) is 7.70. The normalized spacial score (nSPS) is 22.0. The van der Waals surface area contributed by atoms with Crippen molar-refractivity contribution in [3.63, 3.8) is 0 Å². The average Bonchev–Trinajstić information content (AvgIpc) is 3.19. The van der Waals surface area contributed by atoms with E-state index in [9.17, 15) is 57.6 Å². The van der Waals surface area contributed by atoms with Crippen LogP contribution in [0.4, 0.5) is 26.3 Å². The molecular formula is C37H49F6N2O12PS3. The Labute approximate surface area is 357 Å². The summed E-state index contributed by atoms with van der Waals surface area (Å²) in [5.74, 6) is -0.943. The number of sulfonamides is 2. The molecule has 2 fully saturated rings. The molecule has 2 aliphatic carbocycles. The van der Waals surface area contributed by atoms with E-state index >= 15 is 0 Å². The van der Waals surface area contributed by atoms with Gasteiger partial charge in [0.2, 0.25) is 20.0 Å². The zero-order valence-corrected chi connectivity index (χ0v) is 36.8. The Morgan fingerprint density at radius 1 is 0.738 bits per heavy atom. The van der Waals surface area contributed by atoms with Gasteiger partial charge in [0.05, 0.1) is 39.5 Å². The van der Waals surface area contributed by atoms with E-state index in [-0.39, 0.29) is 54.7 Å². The number of carbonyl (C=O) groups is 3. The van der Waals surface area contributed by atoms with E-state index in [1.54, 1.807) is 32.9 Å². The molecule has 24 heteroatoms. The minimum absolute atomic E-state index is 0.134. The van der Waals surface area contributed by atoms with Crippen LogP contribution in [-0.4, -0.2) is 77.5 Å². The van der Waals surface area contributed by atoms with Gasteiger partial charge >= 0.3 is 24.3 Å². The summed E-state index contributed by atoms with van der Waals surface area (Å²) in [4.78, 5) is 35.2. The standard InChI is InChI=1S/C19H24F3NO4S.C17H20F3NO5S.CH3PS.H2O3/c1-3-11-18(17(24)27-4-2)12-9-15(10-13-18)23-28(25,26)16-7-5-14(6-8-16)19(20,21)22;1-2-26-15(23)16(11-22)9-7-13(8-10-16)21-27(24,25)14-5-3-12(4-6-14)17(18,19)20;1-2-3;1-3-2/h3,5-8,11,15,23H,4,9-10,12-13H2,1-2H3;3-6,11,13,21H,2,7-10H2,1H3;1H3;1-2H/b11-3+;;;. The number of alkyl halides is 6. The van der Waals surface area contributed by atoms with Crippen molar-refractivity contribution < 1.29 is 82.6 Å². The number of aldehydes is 1. The van der Waals surface area contributed by atoms with Crippen molar-refractivity contribution in [1.29, 1.82) is 0 Å². The molecule has 0 aliphatic heterocycles. The smallest absolute Gasteiger partial charge is 0.416 e. The number of nitrogens with one attached hydrogen (secondary N) is 2. The molecule has 2 saturated carbocycles. The third-order valence-electron chi connectivity index (χ3n) is 9.46. The van der Waals surface area contributed by atoms with Crippen molar-refractivity contribution in [1.82, 2.24) is 9.44 Å². The maximum atomic E-state index is 12.6. The van der Waals surface area contributed by atoms with Gasteiger partial charge in [-0.2, -0.15) is 26.3 Å². The van der Waals surface area contributed by atoms with Crippen molar-refractivity contribution in [3.8, 4) is 0 Å². The zero-order chi connectivity index (χ0) is 46.7. The topological polar surface area (TPSA) is 212 Å². The molecule has 0 unspecified atom stereocenters. The van der Waals surface area contributed by atoms with E-state index in [0.717, 1.165) is 43.8 Å². The first-order chi connectivity index (χ1) is 28.4. The van der Waals surface area contributed by atoms with Crippen LogP contribution in [0.5, 0.6) is 0 Å². The number of rotatable bonds is 12. The maximum Gasteiger partial charge on any atom is 0.416 e. The number of carbonyl (C=O) groups excluding carboxylic acids is 3. The van der Waals surface area contributed by atoms with E-state index in [1.807, 2.05) is 6.66 Å². The molecule has 0 spiro atoms. The first kappa shape index (κ1) is 55.6. The minimum atomic E-state index is -4.55. The summed E-state index contributed by atoms with van der Waals surface area (Å²) in [6.07, 6.45) is -2.52. The summed E-state index contributed by atoms with van der Waals surface area (Å²) in [7, 11) is -6.97. The Morgan fingerprint density at radius 2 is 1.03 bits per heavy atom. The quantitative estimate of drug-likeness (QED) is 0.0235. The number of benzene rings is 2. The van der Waals surface area contributed by atoms with Crippen molar-refractivity contribution in [3.05, 3.63) is 71.8 Å². The van der Waals surface area contributed by atoms with Crippen molar-refractivity contribution in [2.75, 3.05) is 19.9 Å². The summed E-state index contributed by atoms with van der Waals surface area (Å²) in [5.41, 5.74) is -3.88. The molecule has 0 atom stereocenters. The summed E-state index contributed by atoms with van der Waals surface area (Å²) < 4.78 is 140. The molecule has 0 saturated heterocycles. The lowest BCUT2D eigenvalue weighted by atomic mass is 9.72. The second-order valence-corrected chi connectivity index (χ2v) is 18.4. The molecule has 61 heavy (non-hydrogen) atoms. The summed E-state index contributed by atoms with van der Waals surface area (Å²) in [5, 5.41) is 15.5. The van der Waals surface area contributed by atoms with Gasteiger partial charge in [0.1, 0.15) is 11.7 Å². The molecule has 0 radical (unpaired) electrons. The fraction of sp³-hybridized carbons (Fsp3) is 0.541. The highest BCUT2D eigenvalue weighted by molar-refractivity contribution is 7.96. The highest BCUT2D eigenvalue weighted by Crippen LogP contribution is 2.40. The van der Waals surface area contributed by atoms with E-state index in [0.29, 0.717) is 44.1 Å². The zero-order valence-electron chi connectivity index (χ0n) is 33.5. The van der Waals surface area contributed by atoms with Crippen LogP contribution in [-0.2, 0) is 73.1 Å². The third-order valence-corrected chi connectivity index (χ3v) is 12.5. The Kier molecular flexibility index (Phi) is 22.8. The lowest BCUT2D eigenvalue weighted by Gasteiger charge is -2.36. The highest BCUT2D eigenvalue weighted by atomic mass is 32.4. The number of esters is 2. The first-order valence-electron chi connectivity index (χ1n) is 18.4. The average molecular weight is 955 g/mol. The maximum absolute atomic E-state index is 12.6. The fourth-order valence-corrected chi connectivity index (χ4v) is 9.01. The predicted molar refractivity (Wildman–Crippen MR) is 214 cm³/mol. The number of allylic oxidation sites excluding steroid dienone is 1. The van der Waals surface area contributed by atoms with E-state index in [1.165, 1.54) is 0 Å². The molecule has 344 valence electrons. The van der Waals surface area contributed by atoms with Crippen LogP contribution < -0.4 is 9.44 Å². The van der Waals surface area contributed by atoms with Gasteiger partial charge in [-0.3, -0.25) is 9.59 Å². The monoisotopic (exact) mass is 954 g/mol. The summed E-state index contributed by atoms with van der Waals surface area (Å²) >= 11 is 4.37. The number of hydrogen-bond acceptors (Lipinski definition) is 13. The molecule has 14 nitrogen and oxygen atoms in total. The van der Waals surface area contributed by atoms with Gasteiger partial charge in [-0.05, 0) is 135 Å². The van der Waals surface area contributed by atoms with Gasteiger partial charge in [-0.15, -0.1) is 0 Å². The number of halogens is 6. The second-order valence-electron chi connectivity index (χ2n) is 13.5. The van der Waals surface area contributed by atoms with Gasteiger partial charge < -0.3 is 14.3 Å². The van der Waals surface area contributed by atoms with Crippen molar-refractivity contribution in [2.24, 2.45) is 10.8 Å². The number of hydrogen-bond donors (Lipinski definition) is 4. The van der Waals surface area contributed by atoms with Crippen LogP contribution >= 0.6 is 7.36 Å². The molecule has 0 bridgehead atoms. The Hall–Kier alpha value is -3.41. The SMILES string of the molecule is C/C=C/C1(C(=O)OCC)CCC(NS(=O)(=O)c2ccc(C(F)(F)F)cc2)CC1.CCOC(=O)C1(C=O)CCC(NS(=O)(=O)c2ccc(C(F)(F)F)cc2)CC1.CP=S.OOO. The van der Waals surface area contributed by atoms with Crippen LogP contribution in [0, 0.1) is 10.8 Å². The molecule has 2 aromatic carbocycles. The van der Waals surface area contributed by atoms with Gasteiger partial charge in [0.25, 0.3) is 0 Å². The van der Waals surface area contributed by atoms with Crippen molar-refractivity contribution in [2.45, 2.75) is 106 Å². The lowest BCUT2D eigenvalue weighted by molar-refractivity contribution is -0.465. The van der Waals surface area contributed by atoms with Crippen LogP contribution in [0.15, 0.2) is 70.5 Å². The molecular weight excluding hydrogens is 906 g/mol. The Bertz CT molecular complexity index is 1950. The molecule has 0 heterocycles. The summed E-state index contributed by atoms with van der Waals surface area (Å²) in [6.45, 7) is 7.47. The largest absolute Gasteiger partial charge is 0.465 e. The van der Waals surface area contributed by atoms with Crippen molar-refractivity contribution >= 4 is 57.4 Å². The van der Waals surface area contributed by atoms with Crippen LogP contribution in [0.3, 0.4) is 0 Å². The molecule has 2 aromatic rings. The van der Waals surface area contributed by atoms with Gasteiger partial charge in [-0.25, -0.2) is 36.8 Å². The first-order valence-corrected chi connectivity index (χ1v) is 23.7. The highest BCUT2D eigenvalue weighted by Gasteiger charge is 2.44. The van der Waals surface area contributed by atoms with Crippen LogP contribution in [0.25, 0.3) is 0 Å². The summed E-state index contributed by atoms with van der Waals surface area (Å²) in [6, 6.07) is 5.62. The third kappa shape index (κ3) is 17.0. The minimum Gasteiger partial charge on any atom is -0.465 e. The fourth-order valence-electron chi connectivity index (χ4n) is 6.40. The molecule has 0 amide bonds. The number of ether oxygens (including phenoxy) is 2. The Balaban J connectivity index is 0.000000540. The van der Waals surface area contributed by atoms with E-state index in [2.05, 4.69) is 26.3 Å². The molecule has 4 N–H and O–H groups in total. The molecule has 2 aliphatic rings.